The summed E-state index contributed by atoms with van der Waals surface area (Å²) in [6, 6.07) is 8.67. The lowest BCUT2D eigenvalue weighted by Gasteiger charge is -2.07. The molecule has 0 radical (unpaired) electrons. The predicted octanol–water partition coefficient (Wildman–Crippen LogP) is 2.93. The molecule has 1 N–H and O–H groups in total. The number of nitrogens with one attached hydrogen (secondary N) is 1. The molecular weight excluding hydrogens is 370 g/mol. The number of carbonyl (C=O) groups excluding carboxylic acids is 1. The summed E-state index contributed by atoms with van der Waals surface area (Å²) < 4.78 is 6.68. The molecule has 0 aliphatic heterocycles. The molecule has 0 spiro atoms. The lowest BCUT2D eigenvalue weighted by molar-refractivity contribution is 0.102. The molecule has 1 aromatic carbocycles. The number of aryl methyl sites for hydroxylation is 1. The van der Waals surface area contributed by atoms with Gasteiger partial charge in [-0.05, 0) is 13.0 Å². The fraction of sp³-hybridized carbons (Fsp3) is 0.0588. The summed E-state index contributed by atoms with van der Waals surface area (Å²) in [5, 5.41) is 11.2. The highest BCUT2D eigenvalue weighted by Gasteiger charge is 2.23. The van der Waals surface area contributed by atoms with Crippen LogP contribution in [0, 0.1) is 6.92 Å². The number of anilines is 1. The van der Waals surface area contributed by atoms with Crippen molar-refractivity contribution in [1.82, 2.24) is 29.9 Å². The number of aromatic nitrogens is 6. The molecule has 10 heteroatoms. The second kappa shape index (κ2) is 6.96. The topological polar surface area (TPSA) is 112 Å². The summed E-state index contributed by atoms with van der Waals surface area (Å²) in [5.41, 5.74) is 1.25. The number of nitrogens with zero attached hydrogens (tertiary/aromatic N) is 6. The minimum absolute atomic E-state index is 0.281. The van der Waals surface area contributed by atoms with Crippen LogP contribution in [0.15, 0.2) is 53.8 Å². The van der Waals surface area contributed by atoms with Crippen LogP contribution in [0.1, 0.15) is 16.1 Å². The summed E-state index contributed by atoms with van der Waals surface area (Å²) in [4.78, 5) is 24.9. The van der Waals surface area contributed by atoms with Gasteiger partial charge in [-0.15, -0.1) is 0 Å². The number of halogens is 1. The Hall–Kier alpha value is -3.59. The maximum atomic E-state index is 12.8. The van der Waals surface area contributed by atoms with E-state index in [0.717, 1.165) is 0 Å². The highest BCUT2D eigenvalue weighted by Crippen LogP contribution is 2.31. The first-order valence-electron chi connectivity index (χ1n) is 7.83. The average molecular weight is 382 g/mol. The summed E-state index contributed by atoms with van der Waals surface area (Å²) in [5.74, 6) is 0.706. The average Bonchev–Trinajstić information content (AvgIpc) is 3.32. The zero-order valence-corrected chi connectivity index (χ0v) is 14.8. The number of amides is 1. The predicted molar refractivity (Wildman–Crippen MR) is 96.6 cm³/mol. The van der Waals surface area contributed by atoms with E-state index in [1.54, 1.807) is 31.2 Å². The Balaban J connectivity index is 1.66. The van der Waals surface area contributed by atoms with Crippen LogP contribution in [0.3, 0.4) is 0 Å². The van der Waals surface area contributed by atoms with Crippen LogP contribution in [0.2, 0.25) is 5.02 Å². The molecule has 0 saturated heterocycles. The molecule has 0 saturated carbocycles. The molecule has 9 nitrogen and oxygen atoms in total. The zero-order chi connectivity index (χ0) is 18.8. The number of hydrogen-bond acceptors (Lipinski definition) is 7. The molecule has 0 atom stereocenters. The molecule has 0 unspecified atom stereocenters. The summed E-state index contributed by atoms with van der Waals surface area (Å²) in [7, 11) is 0. The largest absolute Gasteiger partial charge is 0.360 e. The number of carbonyl (C=O) groups is 1. The van der Waals surface area contributed by atoms with Gasteiger partial charge < -0.3 is 9.84 Å². The van der Waals surface area contributed by atoms with Gasteiger partial charge in [-0.25, -0.2) is 19.6 Å². The van der Waals surface area contributed by atoms with Gasteiger partial charge in [-0.3, -0.25) is 4.79 Å². The molecule has 0 aliphatic rings. The lowest BCUT2D eigenvalue weighted by atomic mass is 10.1. The maximum Gasteiger partial charge on any atom is 0.262 e. The van der Waals surface area contributed by atoms with Gasteiger partial charge in [0.15, 0.2) is 5.82 Å². The Morgan fingerprint density at radius 3 is 2.85 bits per heavy atom. The van der Waals surface area contributed by atoms with Gasteiger partial charge in [0.2, 0.25) is 0 Å². The van der Waals surface area contributed by atoms with Crippen molar-refractivity contribution >= 4 is 23.3 Å². The van der Waals surface area contributed by atoms with Crippen molar-refractivity contribution in [2.45, 2.75) is 6.92 Å². The third kappa shape index (κ3) is 3.27. The Bertz CT molecular complexity index is 1110. The van der Waals surface area contributed by atoms with Crippen LogP contribution in [-0.2, 0) is 0 Å². The van der Waals surface area contributed by atoms with E-state index in [0.29, 0.717) is 33.7 Å². The van der Waals surface area contributed by atoms with Gasteiger partial charge in [0, 0.05) is 11.6 Å². The first kappa shape index (κ1) is 16.9. The first-order valence-corrected chi connectivity index (χ1v) is 8.21. The molecule has 3 aromatic heterocycles. The molecule has 0 fully saturated rings. The van der Waals surface area contributed by atoms with Crippen LogP contribution in [-0.4, -0.2) is 35.8 Å². The monoisotopic (exact) mass is 381 g/mol. The smallest absolute Gasteiger partial charge is 0.262 e. The number of hydrogen-bond donors (Lipinski definition) is 1. The van der Waals surface area contributed by atoms with Crippen molar-refractivity contribution < 1.29 is 9.32 Å². The van der Waals surface area contributed by atoms with Crippen molar-refractivity contribution in [2.24, 2.45) is 0 Å². The van der Waals surface area contributed by atoms with Crippen LogP contribution in [0.25, 0.3) is 17.1 Å². The lowest BCUT2D eigenvalue weighted by Crippen LogP contribution is -2.15. The van der Waals surface area contributed by atoms with Crippen LogP contribution in [0.5, 0.6) is 0 Å². The summed E-state index contributed by atoms with van der Waals surface area (Å²) in [6.07, 6.45) is 4.20. The van der Waals surface area contributed by atoms with Gasteiger partial charge in [0.1, 0.15) is 41.8 Å². The molecule has 1 amide bonds. The van der Waals surface area contributed by atoms with E-state index in [1.807, 2.05) is 6.07 Å². The minimum atomic E-state index is -0.424. The Morgan fingerprint density at radius 2 is 2.07 bits per heavy atom. The second-order valence-electron chi connectivity index (χ2n) is 5.50. The van der Waals surface area contributed by atoms with Gasteiger partial charge in [0.25, 0.3) is 5.91 Å². The first-order chi connectivity index (χ1) is 13.1. The minimum Gasteiger partial charge on any atom is -0.360 e. The molecular formula is C17H12ClN7O2. The Morgan fingerprint density at radius 1 is 1.22 bits per heavy atom. The highest BCUT2D eigenvalue weighted by molar-refractivity contribution is 6.33. The van der Waals surface area contributed by atoms with Gasteiger partial charge in [0.05, 0.1) is 5.02 Å². The van der Waals surface area contributed by atoms with Crippen LogP contribution in [0.4, 0.5) is 5.82 Å². The molecule has 27 heavy (non-hydrogen) atoms. The molecule has 0 aliphatic carbocycles. The fourth-order valence-corrected chi connectivity index (χ4v) is 2.75. The van der Waals surface area contributed by atoms with Crippen LogP contribution < -0.4 is 5.32 Å². The van der Waals surface area contributed by atoms with Crippen molar-refractivity contribution in [2.75, 3.05) is 5.32 Å². The van der Waals surface area contributed by atoms with E-state index in [1.165, 1.54) is 23.7 Å². The molecule has 4 rings (SSSR count). The van der Waals surface area contributed by atoms with Gasteiger partial charge in [-0.2, -0.15) is 5.10 Å². The van der Waals surface area contributed by atoms with Crippen molar-refractivity contribution in [3.63, 3.8) is 0 Å². The SMILES string of the molecule is Cc1onc(-c2ccccc2Cl)c1C(=O)Nc1cc(-n2cncn2)ncn1. The third-order valence-corrected chi connectivity index (χ3v) is 4.10. The van der Waals surface area contributed by atoms with Crippen LogP contribution >= 0.6 is 11.6 Å². The summed E-state index contributed by atoms with van der Waals surface area (Å²) in [6.45, 7) is 1.66. The third-order valence-electron chi connectivity index (χ3n) is 3.77. The second-order valence-corrected chi connectivity index (χ2v) is 5.91. The van der Waals surface area contributed by atoms with E-state index in [4.69, 9.17) is 16.1 Å². The van der Waals surface area contributed by atoms with E-state index in [9.17, 15) is 4.79 Å². The summed E-state index contributed by atoms with van der Waals surface area (Å²) >= 11 is 6.23. The van der Waals surface area contributed by atoms with E-state index < -0.39 is 5.91 Å². The molecule has 3 heterocycles. The van der Waals surface area contributed by atoms with E-state index in [-0.39, 0.29) is 5.56 Å². The molecule has 134 valence electrons. The van der Waals surface area contributed by atoms with Crippen molar-refractivity contribution in [3.8, 4) is 17.1 Å². The maximum absolute atomic E-state index is 12.8. The van der Waals surface area contributed by atoms with Crippen molar-refractivity contribution in [1.29, 1.82) is 0 Å². The number of rotatable bonds is 4. The Labute approximate surface area is 158 Å². The Kier molecular flexibility index (Phi) is 4.35. The molecule has 0 bridgehead atoms. The normalized spacial score (nSPS) is 10.7. The highest BCUT2D eigenvalue weighted by atomic mass is 35.5. The quantitative estimate of drug-likeness (QED) is 0.578. The van der Waals surface area contributed by atoms with Gasteiger partial charge >= 0.3 is 0 Å². The standard InChI is InChI=1S/C17H12ClN7O2/c1-10-15(16(24-27-10)11-4-2-3-5-12(11)18)17(26)23-13-6-14(21-8-20-13)25-9-19-7-22-25/h2-9H,1H3,(H,20,21,23,26). The van der Waals surface area contributed by atoms with E-state index >= 15 is 0 Å². The van der Waals surface area contributed by atoms with Crippen molar-refractivity contribution in [3.05, 3.63) is 65.7 Å². The number of benzene rings is 1. The van der Waals surface area contributed by atoms with Gasteiger partial charge in [-0.1, -0.05) is 35.0 Å². The van der Waals surface area contributed by atoms with E-state index in [2.05, 4.69) is 30.5 Å². The fourth-order valence-electron chi connectivity index (χ4n) is 2.52. The molecule has 4 aromatic rings. The zero-order valence-electron chi connectivity index (χ0n) is 14.0.